The zero-order valence-corrected chi connectivity index (χ0v) is 12.2. The largest absolute Gasteiger partial charge is 0.311 e. The van der Waals surface area contributed by atoms with Crippen molar-refractivity contribution in [3.8, 4) is 0 Å². The maximum atomic E-state index is 4.19. The lowest BCUT2D eigenvalue weighted by atomic mass is 9.57. The summed E-state index contributed by atoms with van der Waals surface area (Å²) >= 11 is 0. The molecule has 0 radical (unpaired) electrons. The van der Waals surface area contributed by atoms with E-state index in [1.807, 2.05) is 0 Å². The molecule has 0 aromatic rings. The van der Waals surface area contributed by atoms with Crippen LogP contribution in [0.2, 0.25) is 0 Å². The van der Waals surface area contributed by atoms with Crippen molar-refractivity contribution in [1.29, 1.82) is 0 Å². The molecule has 1 rings (SSSR count). The summed E-state index contributed by atoms with van der Waals surface area (Å²) in [6.45, 7) is 21.5. The van der Waals surface area contributed by atoms with Crippen LogP contribution in [-0.4, -0.2) is 12.1 Å². The first-order chi connectivity index (χ1) is 6.99. The van der Waals surface area contributed by atoms with Crippen LogP contribution in [0.25, 0.3) is 0 Å². The molecule has 1 heteroatoms. The number of piperidine rings is 1. The molecule has 16 heavy (non-hydrogen) atoms. The molecule has 1 saturated heterocycles. The second kappa shape index (κ2) is 3.87. The molecule has 1 aliphatic heterocycles. The number of allylic oxidation sites excluding steroid dienone is 1. The highest BCUT2D eigenvalue weighted by atomic mass is 15.0. The molecule has 0 bridgehead atoms. The SMILES string of the molecule is C=C(C)C(C)(C)C1CC(C)(C)NCC1(C)C. The highest BCUT2D eigenvalue weighted by Gasteiger charge is 2.46. The van der Waals surface area contributed by atoms with Crippen molar-refractivity contribution in [1.82, 2.24) is 5.32 Å². The van der Waals surface area contributed by atoms with Crippen LogP contribution in [0.1, 0.15) is 54.9 Å². The molecule has 0 aliphatic carbocycles. The second-order valence-corrected chi connectivity index (χ2v) is 7.48. The van der Waals surface area contributed by atoms with Crippen molar-refractivity contribution >= 4 is 0 Å². The van der Waals surface area contributed by atoms with Crippen LogP contribution in [0.3, 0.4) is 0 Å². The van der Waals surface area contributed by atoms with Crippen LogP contribution in [0.5, 0.6) is 0 Å². The predicted molar refractivity (Wildman–Crippen MR) is 72.6 cm³/mol. The molecular weight excluding hydrogens is 194 g/mol. The third-order valence-corrected chi connectivity index (χ3v) is 4.65. The fourth-order valence-electron chi connectivity index (χ4n) is 2.98. The first kappa shape index (κ1) is 13.8. The van der Waals surface area contributed by atoms with Crippen molar-refractivity contribution in [2.24, 2.45) is 16.7 Å². The topological polar surface area (TPSA) is 12.0 Å². The Balaban J connectivity index is 3.03. The van der Waals surface area contributed by atoms with E-state index in [-0.39, 0.29) is 11.0 Å². The van der Waals surface area contributed by atoms with Gasteiger partial charge in [0.15, 0.2) is 0 Å². The third kappa shape index (κ3) is 2.51. The molecule has 1 fully saturated rings. The first-order valence-corrected chi connectivity index (χ1v) is 6.40. The molecule has 1 aliphatic rings. The molecule has 1 atom stereocenters. The highest BCUT2D eigenvalue weighted by molar-refractivity contribution is 5.12. The fourth-order valence-corrected chi connectivity index (χ4v) is 2.98. The van der Waals surface area contributed by atoms with Gasteiger partial charge in [-0.25, -0.2) is 0 Å². The van der Waals surface area contributed by atoms with Crippen molar-refractivity contribution in [2.45, 2.75) is 60.4 Å². The summed E-state index contributed by atoms with van der Waals surface area (Å²) in [5.74, 6) is 0.689. The summed E-state index contributed by atoms with van der Waals surface area (Å²) in [4.78, 5) is 0. The lowest BCUT2D eigenvalue weighted by Crippen LogP contribution is -2.57. The molecule has 1 nitrogen and oxygen atoms in total. The lowest BCUT2D eigenvalue weighted by Gasteiger charge is -2.53. The summed E-state index contributed by atoms with van der Waals surface area (Å²) in [5.41, 5.74) is 2.14. The number of hydrogen-bond acceptors (Lipinski definition) is 1. The van der Waals surface area contributed by atoms with Gasteiger partial charge in [0.25, 0.3) is 0 Å². The second-order valence-electron chi connectivity index (χ2n) is 7.48. The van der Waals surface area contributed by atoms with Crippen LogP contribution in [0.4, 0.5) is 0 Å². The number of nitrogens with one attached hydrogen (secondary N) is 1. The monoisotopic (exact) mass is 223 g/mol. The van der Waals surface area contributed by atoms with E-state index in [0.717, 1.165) is 6.54 Å². The molecule has 1 heterocycles. The molecule has 94 valence electrons. The van der Waals surface area contributed by atoms with Gasteiger partial charge < -0.3 is 5.32 Å². The molecule has 0 saturated carbocycles. The molecular formula is C15H29N. The highest BCUT2D eigenvalue weighted by Crippen LogP contribution is 2.50. The first-order valence-electron chi connectivity index (χ1n) is 6.40. The van der Waals surface area contributed by atoms with E-state index in [2.05, 4.69) is 60.4 Å². The van der Waals surface area contributed by atoms with Crippen LogP contribution < -0.4 is 5.32 Å². The Morgan fingerprint density at radius 2 is 1.75 bits per heavy atom. The van der Waals surface area contributed by atoms with Gasteiger partial charge in [0, 0.05) is 12.1 Å². The summed E-state index contributed by atoms with van der Waals surface area (Å²) < 4.78 is 0. The van der Waals surface area contributed by atoms with Gasteiger partial charge in [0.1, 0.15) is 0 Å². The minimum atomic E-state index is 0.225. The van der Waals surface area contributed by atoms with Gasteiger partial charge in [-0.1, -0.05) is 39.8 Å². The summed E-state index contributed by atoms with van der Waals surface area (Å²) in [6, 6.07) is 0. The lowest BCUT2D eigenvalue weighted by molar-refractivity contribution is 0.0207. The Kier molecular flexibility index (Phi) is 3.33. The molecule has 0 aromatic carbocycles. The number of rotatable bonds is 2. The normalized spacial score (nSPS) is 28.8. The molecule has 0 amide bonds. The maximum absolute atomic E-state index is 4.19. The van der Waals surface area contributed by atoms with Gasteiger partial charge in [0.05, 0.1) is 0 Å². The van der Waals surface area contributed by atoms with Crippen molar-refractivity contribution in [2.75, 3.05) is 6.54 Å². The summed E-state index contributed by atoms with van der Waals surface area (Å²) in [7, 11) is 0. The van der Waals surface area contributed by atoms with Gasteiger partial charge >= 0.3 is 0 Å². The van der Waals surface area contributed by atoms with E-state index >= 15 is 0 Å². The minimum Gasteiger partial charge on any atom is -0.311 e. The van der Waals surface area contributed by atoms with E-state index in [1.54, 1.807) is 0 Å². The van der Waals surface area contributed by atoms with Gasteiger partial charge in [-0.2, -0.15) is 0 Å². The zero-order chi connectivity index (χ0) is 12.8. The van der Waals surface area contributed by atoms with Crippen LogP contribution in [0, 0.1) is 16.7 Å². The van der Waals surface area contributed by atoms with E-state index in [4.69, 9.17) is 0 Å². The van der Waals surface area contributed by atoms with Gasteiger partial charge in [0.2, 0.25) is 0 Å². The smallest absolute Gasteiger partial charge is 0.0128 e. The van der Waals surface area contributed by atoms with Crippen LogP contribution in [-0.2, 0) is 0 Å². The third-order valence-electron chi connectivity index (χ3n) is 4.65. The fraction of sp³-hybridized carbons (Fsp3) is 0.867. The Hall–Kier alpha value is -0.300. The quantitative estimate of drug-likeness (QED) is 0.698. The van der Waals surface area contributed by atoms with Gasteiger partial charge in [-0.15, -0.1) is 0 Å². The van der Waals surface area contributed by atoms with Gasteiger partial charge in [-0.3, -0.25) is 0 Å². The number of hydrogen-bond donors (Lipinski definition) is 1. The zero-order valence-electron chi connectivity index (χ0n) is 12.2. The van der Waals surface area contributed by atoms with Crippen molar-refractivity contribution in [3.63, 3.8) is 0 Å². The Labute approximate surface area is 102 Å². The van der Waals surface area contributed by atoms with Crippen molar-refractivity contribution < 1.29 is 0 Å². The Morgan fingerprint density at radius 3 is 2.19 bits per heavy atom. The molecule has 1 unspecified atom stereocenters. The predicted octanol–water partition coefficient (Wildman–Crippen LogP) is 4.00. The van der Waals surface area contributed by atoms with Crippen LogP contribution in [0.15, 0.2) is 12.2 Å². The van der Waals surface area contributed by atoms with Crippen molar-refractivity contribution in [3.05, 3.63) is 12.2 Å². The van der Waals surface area contributed by atoms with E-state index < -0.39 is 0 Å². The van der Waals surface area contributed by atoms with E-state index in [9.17, 15) is 0 Å². The standard InChI is InChI=1S/C15H29N/c1-11(2)15(7,8)12-9-14(5,6)16-10-13(12,3)4/h12,16H,1,9-10H2,2-8H3. The maximum Gasteiger partial charge on any atom is 0.0128 e. The average molecular weight is 223 g/mol. The molecule has 0 spiro atoms. The van der Waals surface area contributed by atoms with Gasteiger partial charge in [-0.05, 0) is 43.9 Å². The Bertz CT molecular complexity index is 284. The summed E-state index contributed by atoms with van der Waals surface area (Å²) in [5, 5.41) is 3.66. The molecule has 0 aromatic heterocycles. The average Bonchev–Trinajstić information content (AvgIpc) is 2.09. The summed E-state index contributed by atoms with van der Waals surface area (Å²) in [6.07, 6.45) is 1.22. The van der Waals surface area contributed by atoms with Crippen LogP contribution >= 0.6 is 0 Å². The van der Waals surface area contributed by atoms with E-state index in [1.165, 1.54) is 12.0 Å². The Morgan fingerprint density at radius 1 is 1.25 bits per heavy atom. The van der Waals surface area contributed by atoms with E-state index in [0.29, 0.717) is 11.3 Å². The minimum absolute atomic E-state index is 0.225. The molecule has 1 N–H and O–H groups in total.